The van der Waals surface area contributed by atoms with E-state index < -0.39 is 0 Å². The molecule has 0 atom stereocenters. The minimum atomic E-state index is 0.307. The molecule has 0 aromatic rings. The van der Waals surface area contributed by atoms with Gasteiger partial charge >= 0.3 is 0 Å². The molecule has 0 radical (unpaired) electrons. The van der Waals surface area contributed by atoms with Gasteiger partial charge in [-0.25, -0.2) is 0 Å². The van der Waals surface area contributed by atoms with E-state index in [1.54, 1.807) is 0 Å². The third-order valence-electron chi connectivity index (χ3n) is 5.40. The van der Waals surface area contributed by atoms with Gasteiger partial charge in [-0.2, -0.15) is 0 Å². The van der Waals surface area contributed by atoms with E-state index in [2.05, 4.69) is 42.8 Å². The van der Waals surface area contributed by atoms with Crippen molar-refractivity contribution in [3.05, 3.63) is 0 Å². The lowest BCUT2D eigenvalue weighted by atomic mass is 9.98. The Morgan fingerprint density at radius 1 is 1.14 bits per heavy atom. The highest BCUT2D eigenvalue weighted by molar-refractivity contribution is 4.90. The van der Waals surface area contributed by atoms with Crippen LogP contribution in [0.2, 0.25) is 0 Å². The van der Waals surface area contributed by atoms with Crippen LogP contribution >= 0.6 is 0 Å². The van der Waals surface area contributed by atoms with Gasteiger partial charge in [0.2, 0.25) is 0 Å². The fraction of sp³-hybridized carbons (Fsp3) is 1.00. The van der Waals surface area contributed by atoms with Gasteiger partial charge < -0.3 is 5.32 Å². The van der Waals surface area contributed by atoms with Crippen LogP contribution in [0.15, 0.2) is 0 Å². The Labute approximate surface area is 132 Å². The molecule has 2 rings (SSSR count). The molecule has 1 aliphatic heterocycles. The summed E-state index contributed by atoms with van der Waals surface area (Å²) < 4.78 is 0. The molecule has 0 bridgehead atoms. The van der Waals surface area contributed by atoms with Crippen LogP contribution in [0.5, 0.6) is 0 Å². The van der Waals surface area contributed by atoms with Gasteiger partial charge in [-0.3, -0.25) is 9.80 Å². The average molecular weight is 296 g/mol. The molecule has 124 valence electrons. The van der Waals surface area contributed by atoms with Crippen LogP contribution < -0.4 is 5.32 Å². The molecule has 0 aromatic carbocycles. The number of hydrogen-bond acceptors (Lipinski definition) is 3. The topological polar surface area (TPSA) is 18.5 Å². The highest BCUT2D eigenvalue weighted by atomic mass is 15.3. The molecular formula is C18H37N3. The van der Waals surface area contributed by atoms with E-state index in [9.17, 15) is 0 Å². The molecule has 3 nitrogen and oxygen atoms in total. The molecule has 2 fully saturated rings. The Kier molecular flexibility index (Phi) is 6.51. The normalized spacial score (nSPS) is 22.6. The Morgan fingerprint density at radius 3 is 2.33 bits per heavy atom. The number of piperazine rings is 1. The molecule has 0 aromatic heterocycles. The quantitative estimate of drug-likeness (QED) is 0.779. The number of nitrogens with one attached hydrogen (secondary N) is 1. The molecule has 1 heterocycles. The predicted molar refractivity (Wildman–Crippen MR) is 91.8 cm³/mol. The first-order valence-corrected chi connectivity index (χ1v) is 9.19. The average Bonchev–Trinajstić information content (AvgIpc) is 2.98. The molecule has 21 heavy (non-hydrogen) atoms. The molecule has 1 saturated carbocycles. The summed E-state index contributed by atoms with van der Waals surface area (Å²) in [6.07, 6.45) is 7.08. The number of rotatable bonds is 7. The molecule has 0 spiro atoms. The van der Waals surface area contributed by atoms with Gasteiger partial charge in [0.25, 0.3) is 0 Å². The van der Waals surface area contributed by atoms with Gasteiger partial charge in [-0.15, -0.1) is 0 Å². The van der Waals surface area contributed by atoms with Crippen LogP contribution in [-0.2, 0) is 0 Å². The van der Waals surface area contributed by atoms with E-state index >= 15 is 0 Å². The Hall–Kier alpha value is -0.120. The molecule has 1 aliphatic carbocycles. The summed E-state index contributed by atoms with van der Waals surface area (Å²) in [6.45, 7) is 16.9. The minimum absolute atomic E-state index is 0.307. The predicted octanol–water partition coefficient (Wildman–Crippen LogP) is 2.96. The van der Waals surface area contributed by atoms with E-state index in [0.29, 0.717) is 5.54 Å². The van der Waals surface area contributed by atoms with Crippen molar-refractivity contribution in [1.82, 2.24) is 15.1 Å². The standard InChI is InChI=1S/C18H37N3/c1-16(2)9-12-20(17-7-5-6-8-17)15-18(3,4)21-13-10-19-11-14-21/h16-17,19H,5-15H2,1-4H3. The van der Waals surface area contributed by atoms with E-state index in [-0.39, 0.29) is 0 Å². The summed E-state index contributed by atoms with van der Waals surface area (Å²) in [5.41, 5.74) is 0.307. The SMILES string of the molecule is CC(C)CCN(CC(C)(C)N1CCNCC1)C1CCCC1. The lowest BCUT2D eigenvalue weighted by molar-refractivity contribution is 0.0455. The molecule has 0 amide bonds. The van der Waals surface area contributed by atoms with Crippen molar-refractivity contribution < 1.29 is 0 Å². The molecule has 3 heteroatoms. The maximum absolute atomic E-state index is 3.48. The van der Waals surface area contributed by atoms with Gasteiger partial charge in [0.1, 0.15) is 0 Å². The summed E-state index contributed by atoms with van der Waals surface area (Å²) in [6, 6.07) is 0.853. The highest BCUT2D eigenvalue weighted by Crippen LogP contribution is 2.27. The Bertz CT molecular complexity index is 289. The highest BCUT2D eigenvalue weighted by Gasteiger charge is 2.33. The molecule has 0 unspecified atom stereocenters. The summed E-state index contributed by atoms with van der Waals surface area (Å²) >= 11 is 0. The number of hydrogen-bond donors (Lipinski definition) is 1. The zero-order valence-electron chi connectivity index (χ0n) is 14.8. The summed E-state index contributed by atoms with van der Waals surface area (Å²) in [7, 11) is 0. The first kappa shape index (κ1) is 17.2. The van der Waals surface area contributed by atoms with Crippen molar-refractivity contribution >= 4 is 0 Å². The third-order valence-corrected chi connectivity index (χ3v) is 5.40. The van der Waals surface area contributed by atoms with Crippen molar-refractivity contribution in [2.75, 3.05) is 39.3 Å². The molecule has 2 aliphatic rings. The monoisotopic (exact) mass is 295 g/mol. The van der Waals surface area contributed by atoms with Crippen LogP contribution in [0, 0.1) is 5.92 Å². The van der Waals surface area contributed by atoms with Crippen LogP contribution in [0.25, 0.3) is 0 Å². The summed E-state index contributed by atoms with van der Waals surface area (Å²) in [5, 5.41) is 3.48. The second-order valence-electron chi connectivity index (χ2n) is 8.14. The van der Waals surface area contributed by atoms with E-state index in [0.717, 1.165) is 25.0 Å². The lowest BCUT2D eigenvalue weighted by Gasteiger charge is -2.45. The van der Waals surface area contributed by atoms with Crippen LogP contribution in [0.3, 0.4) is 0 Å². The Balaban J connectivity index is 1.94. The third kappa shape index (κ3) is 5.22. The van der Waals surface area contributed by atoms with Crippen molar-refractivity contribution in [3.8, 4) is 0 Å². The second-order valence-corrected chi connectivity index (χ2v) is 8.14. The molecular weight excluding hydrogens is 258 g/mol. The minimum Gasteiger partial charge on any atom is -0.314 e. The fourth-order valence-electron chi connectivity index (χ4n) is 3.95. The largest absolute Gasteiger partial charge is 0.314 e. The van der Waals surface area contributed by atoms with Crippen molar-refractivity contribution in [1.29, 1.82) is 0 Å². The smallest absolute Gasteiger partial charge is 0.0281 e. The Morgan fingerprint density at radius 2 is 1.76 bits per heavy atom. The maximum Gasteiger partial charge on any atom is 0.0281 e. The maximum atomic E-state index is 3.48. The van der Waals surface area contributed by atoms with Gasteiger partial charge in [0, 0.05) is 44.3 Å². The van der Waals surface area contributed by atoms with Crippen LogP contribution in [-0.4, -0.2) is 60.6 Å². The summed E-state index contributed by atoms with van der Waals surface area (Å²) in [4.78, 5) is 5.52. The van der Waals surface area contributed by atoms with Gasteiger partial charge in [0.05, 0.1) is 0 Å². The van der Waals surface area contributed by atoms with E-state index in [1.165, 1.54) is 58.3 Å². The van der Waals surface area contributed by atoms with Crippen molar-refractivity contribution in [2.24, 2.45) is 5.92 Å². The number of nitrogens with zero attached hydrogens (tertiary/aromatic N) is 2. The lowest BCUT2D eigenvalue weighted by Crippen LogP contribution is -2.58. The molecule has 1 saturated heterocycles. The second kappa shape index (κ2) is 7.94. The van der Waals surface area contributed by atoms with Crippen LogP contribution in [0.4, 0.5) is 0 Å². The van der Waals surface area contributed by atoms with Gasteiger partial charge in [0.15, 0.2) is 0 Å². The van der Waals surface area contributed by atoms with Crippen molar-refractivity contribution in [2.45, 2.75) is 71.4 Å². The zero-order valence-corrected chi connectivity index (χ0v) is 14.8. The van der Waals surface area contributed by atoms with E-state index in [4.69, 9.17) is 0 Å². The van der Waals surface area contributed by atoms with E-state index in [1.807, 2.05) is 0 Å². The summed E-state index contributed by atoms with van der Waals surface area (Å²) in [5.74, 6) is 0.816. The van der Waals surface area contributed by atoms with Crippen molar-refractivity contribution in [3.63, 3.8) is 0 Å². The fourth-order valence-corrected chi connectivity index (χ4v) is 3.95. The first-order chi connectivity index (χ1) is 9.99. The van der Waals surface area contributed by atoms with Gasteiger partial charge in [-0.1, -0.05) is 26.7 Å². The van der Waals surface area contributed by atoms with Crippen LogP contribution in [0.1, 0.15) is 59.8 Å². The first-order valence-electron chi connectivity index (χ1n) is 9.19. The van der Waals surface area contributed by atoms with Gasteiger partial charge in [-0.05, 0) is 45.6 Å². The molecule has 1 N–H and O–H groups in total. The zero-order chi connectivity index (χ0) is 15.3.